The van der Waals surface area contributed by atoms with Gasteiger partial charge in [-0.15, -0.1) is 0 Å². The standard InChI is InChI=1S/C21H25N3O4S/c1-4-24(15(3)21(26)22-17-8-5-14(2)6-9-17)29(27,28)18-10-11-19-16(13-18)7-12-20(25)23-19/h5-6,8-11,13,15H,4,7,12H2,1-3H3,(H,22,26)(H,23,25)/t15-/m1/s1. The average molecular weight is 416 g/mol. The van der Waals surface area contributed by atoms with Crippen molar-refractivity contribution in [3.63, 3.8) is 0 Å². The zero-order valence-corrected chi connectivity index (χ0v) is 17.5. The molecule has 2 aromatic rings. The number of sulfonamides is 1. The fraction of sp³-hybridized carbons (Fsp3) is 0.333. The van der Waals surface area contributed by atoms with Crippen LogP contribution in [-0.2, 0) is 26.0 Å². The van der Waals surface area contributed by atoms with Crippen molar-refractivity contribution in [3.8, 4) is 0 Å². The summed E-state index contributed by atoms with van der Waals surface area (Å²) in [6.45, 7) is 5.37. The number of hydrogen-bond acceptors (Lipinski definition) is 4. The molecule has 2 aromatic carbocycles. The summed E-state index contributed by atoms with van der Waals surface area (Å²) in [5.74, 6) is -0.478. The van der Waals surface area contributed by atoms with Crippen molar-refractivity contribution in [1.82, 2.24) is 4.31 Å². The van der Waals surface area contributed by atoms with Crippen molar-refractivity contribution in [2.45, 2.75) is 44.6 Å². The number of carbonyl (C=O) groups is 2. The van der Waals surface area contributed by atoms with Gasteiger partial charge in [-0.1, -0.05) is 24.6 Å². The van der Waals surface area contributed by atoms with Gasteiger partial charge in [0.25, 0.3) is 0 Å². The summed E-state index contributed by atoms with van der Waals surface area (Å²) in [5, 5.41) is 5.51. The topological polar surface area (TPSA) is 95.6 Å². The van der Waals surface area contributed by atoms with Crippen molar-refractivity contribution in [3.05, 3.63) is 53.6 Å². The molecule has 0 radical (unpaired) electrons. The van der Waals surface area contributed by atoms with Gasteiger partial charge in [0.2, 0.25) is 21.8 Å². The van der Waals surface area contributed by atoms with Crippen LogP contribution in [0.1, 0.15) is 31.4 Å². The summed E-state index contributed by atoms with van der Waals surface area (Å²) in [5.41, 5.74) is 3.09. The quantitative estimate of drug-likeness (QED) is 0.758. The monoisotopic (exact) mass is 415 g/mol. The van der Waals surface area contributed by atoms with Crippen LogP contribution >= 0.6 is 0 Å². The first kappa shape index (κ1) is 21.0. The summed E-state index contributed by atoms with van der Waals surface area (Å²) in [7, 11) is -3.88. The molecule has 2 N–H and O–H groups in total. The lowest BCUT2D eigenvalue weighted by molar-refractivity contribution is -0.119. The predicted molar refractivity (Wildman–Crippen MR) is 112 cm³/mol. The predicted octanol–water partition coefficient (Wildman–Crippen LogP) is 2.92. The summed E-state index contributed by atoms with van der Waals surface area (Å²) < 4.78 is 27.6. The minimum absolute atomic E-state index is 0.0790. The first-order valence-electron chi connectivity index (χ1n) is 9.54. The number of anilines is 2. The molecule has 1 atom stereocenters. The number of carbonyl (C=O) groups excluding carboxylic acids is 2. The smallest absolute Gasteiger partial charge is 0.243 e. The number of amides is 2. The Balaban J connectivity index is 1.82. The molecule has 2 amide bonds. The van der Waals surface area contributed by atoms with E-state index in [0.717, 1.165) is 11.1 Å². The van der Waals surface area contributed by atoms with Gasteiger partial charge < -0.3 is 10.6 Å². The van der Waals surface area contributed by atoms with Gasteiger partial charge in [-0.2, -0.15) is 4.31 Å². The van der Waals surface area contributed by atoms with E-state index < -0.39 is 22.0 Å². The van der Waals surface area contributed by atoms with E-state index >= 15 is 0 Å². The molecule has 0 fully saturated rings. The van der Waals surface area contributed by atoms with Crippen LogP contribution in [0.2, 0.25) is 0 Å². The molecular formula is C21H25N3O4S. The second-order valence-corrected chi connectivity index (χ2v) is 9.00. The molecule has 7 nitrogen and oxygen atoms in total. The minimum Gasteiger partial charge on any atom is -0.326 e. The normalized spacial score (nSPS) is 14.8. The van der Waals surface area contributed by atoms with Gasteiger partial charge in [-0.25, -0.2) is 8.42 Å². The van der Waals surface area contributed by atoms with E-state index in [1.54, 1.807) is 38.1 Å². The number of benzene rings is 2. The highest BCUT2D eigenvalue weighted by Crippen LogP contribution is 2.28. The van der Waals surface area contributed by atoms with Crippen LogP contribution in [0.25, 0.3) is 0 Å². The van der Waals surface area contributed by atoms with Crippen LogP contribution in [-0.4, -0.2) is 37.1 Å². The van der Waals surface area contributed by atoms with Gasteiger partial charge in [0, 0.05) is 24.3 Å². The largest absolute Gasteiger partial charge is 0.326 e. The number of likely N-dealkylation sites (N-methyl/N-ethyl adjacent to an activating group) is 1. The van der Waals surface area contributed by atoms with Gasteiger partial charge in [0.05, 0.1) is 4.90 Å². The van der Waals surface area contributed by atoms with Gasteiger partial charge in [0.1, 0.15) is 6.04 Å². The minimum atomic E-state index is -3.88. The maximum atomic E-state index is 13.2. The third-order valence-electron chi connectivity index (χ3n) is 5.02. The molecule has 0 spiro atoms. The number of fused-ring (bicyclic) bond motifs is 1. The van der Waals surface area contributed by atoms with E-state index in [1.165, 1.54) is 10.4 Å². The fourth-order valence-electron chi connectivity index (χ4n) is 3.32. The van der Waals surface area contributed by atoms with Crippen molar-refractivity contribution in [1.29, 1.82) is 0 Å². The molecule has 1 heterocycles. The van der Waals surface area contributed by atoms with E-state index in [2.05, 4.69) is 10.6 Å². The third-order valence-corrected chi connectivity index (χ3v) is 7.06. The highest BCUT2D eigenvalue weighted by Gasteiger charge is 2.32. The molecule has 0 saturated carbocycles. The summed E-state index contributed by atoms with van der Waals surface area (Å²) >= 11 is 0. The summed E-state index contributed by atoms with van der Waals surface area (Å²) in [6, 6.07) is 11.1. The summed E-state index contributed by atoms with van der Waals surface area (Å²) in [6.07, 6.45) is 0.809. The van der Waals surface area contributed by atoms with Crippen molar-refractivity contribution in [2.24, 2.45) is 0 Å². The van der Waals surface area contributed by atoms with Crippen molar-refractivity contribution in [2.75, 3.05) is 17.2 Å². The van der Waals surface area contributed by atoms with Crippen LogP contribution in [0.5, 0.6) is 0 Å². The zero-order valence-electron chi connectivity index (χ0n) is 16.7. The first-order chi connectivity index (χ1) is 13.7. The highest BCUT2D eigenvalue weighted by atomic mass is 32.2. The van der Waals surface area contributed by atoms with Crippen LogP contribution < -0.4 is 10.6 Å². The lowest BCUT2D eigenvalue weighted by Gasteiger charge is -2.27. The first-order valence-corrected chi connectivity index (χ1v) is 11.0. The molecule has 8 heteroatoms. The maximum absolute atomic E-state index is 13.2. The molecule has 29 heavy (non-hydrogen) atoms. The SMILES string of the molecule is CCN([C@H](C)C(=O)Nc1ccc(C)cc1)S(=O)(=O)c1ccc2c(c1)CCC(=O)N2. The lowest BCUT2D eigenvalue weighted by atomic mass is 10.0. The fourth-order valence-corrected chi connectivity index (χ4v) is 4.98. The molecule has 1 aliphatic heterocycles. The van der Waals surface area contributed by atoms with Crippen LogP contribution in [0.15, 0.2) is 47.4 Å². The Labute approximate surface area is 171 Å². The second-order valence-electron chi connectivity index (χ2n) is 7.11. The Morgan fingerprint density at radius 2 is 1.86 bits per heavy atom. The number of nitrogens with zero attached hydrogens (tertiary/aromatic N) is 1. The number of nitrogens with one attached hydrogen (secondary N) is 2. The second kappa shape index (κ2) is 8.34. The highest BCUT2D eigenvalue weighted by molar-refractivity contribution is 7.89. The van der Waals surface area contributed by atoms with Crippen molar-refractivity contribution < 1.29 is 18.0 Å². The van der Waals surface area contributed by atoms with E-state index in [0.29, 0.717) is 24.2 Å². The molecular weight excluding hydrogens is 390 g/mol. The molecule has 0 aliphatic carbocycles. The maximum Gasteiger partial charge on any atom is 0.243 e. The van der Waals surface area contributed by atoms with Crippen LogP contribution in [0, 0.1) is 6.92 Å². The van der Waals surface area contributed by atoms with E-state index in [1.807, 2.05) is 19.1 Å². The van der Waals surface area contributed by atoms with Gasteiger partial charge in [0.15, 0.2) is 0 Å². The Morgan fingerprint density at radius 3 is 2.52 bits per heavy atom. The molecule has 0 saturated heterocycles. The van der Waals surface area contributed by atoms with Crippen LogP contribution in [0.3, 0.4) is 0 Å². The lowest BCUT2D eigenvalue weighted by Crippen LogP contribution is -2.45. The Hall–Kier alpha value is -2.71. The average Bonchev–Trinajstić information content (AvgIpc) is 2.69. The number of aryl methyl sites for hydroxylation is 2. The molecule has 1 aliphatic rings. The van der Waals surface area contributed by atoms with Gasteiger partial charge in [-0.05, 0) is 56.2 Å². The van der Waals surface area contributed by atoms with Crippen LogP contribution in [0.4, 0.5) is 11.4 Å². The Morgan fingerprint density at radius 1 is 1.17 bits per heavy atom. The number of hydrogen-bond donors (Lipinski definition) is 2. The molecule has 0 aromatic heterocycles. The Bertz CT molecular complexity index is 1030. The molecule has 154 valence electrons. The zero-order chi connectivity index (χ0) is 21.2. The Kier molecular flexibility index (Phi) is 6.04. The van der Waals surface area contributed by atoms with E-state index in [4.69, 9.17) is 0 Å². The summed E-state index contributed by atoms with van der Waals surface area (Å²) in [4.78, 5) is 24.3. The molecule has 0 unspecified atom stereocenters. The van der Waals surface area contributed by atoms with Gasteiger partial charge in [-0.3, -0.25) is 9.59 Å². The van der Waals surface area contributed by atoms with Gasteiger partial charge >= 0.3 is 0 Å². The van der Waals surface area contributed by atoms with Crippen molar-refractivity contribution >= 4 is 33.2 Å². The van der Waals surface area contributed by atoms with E-state index in [-0.39, 0.29) is 17.3 Å². The molecule has 3 rings (SSSR count). The third kappa shape index (κ3) is 4.49. The van der Waals surface area contributed by atoms with E-state index in [9.17, 15) is 18.0 Å². The number of rotatable bonds is 6. The molecule has 0 bridgehead atoms.